The molecule has 0 aromatic carbocycles. The van der Waals surface area contributed by atoms with E-state index < -0.39 is 6.43 Å². The van der Waals surface area contributed by atoms with Gasteiger partial charge in [0.25, 0.3) is 6.43 Å². The number of thiophene rings is 1. The zero-order valence-electron chi connectivity index (χ0n) is 11.1. The highest BCUT2D eigenvalue weighted by Gasteiger charge is 2.45. The normalized spacial score (nSPS) is 20.4. The predicted molar refractivity (Wildman–Crippen MR) is 69.2 cm³/mol. The first-order chi connectivity index (χ1) is 8.24. The van der Waals surface area contributed by atoms with Crippen LogP contribution in [0.3, 0.4) is 0 Å². The molecule has 0 unspecified atom stereocenters. The van der Waals surface area contributed by atoms with Crippen LogP contribution in [0.25, 0.3) is 0 Å². The Morgan fingerprint density at radius 3 is 2.56 bits per heavy atom. The summed E-state index contributed by atoms with van der Waals surface area (Å²) in [6.07, 6.45) is -2.31. The molecule has 0 spiro atoms. The second kappa shape index (κ2) is 4.54. The highest BCUT2D eigenvalue weighted by molar-refractivity contribution is 7.10. The monoisotopic (exact) mass is 275 g/mol. The lowest BCUT2D eigenvalue weighted by Gasteiger charge is -2.25. The minimum Gasteiger partial charge on any atom is -0.359 e. The molecule has 2 heterocycles. The molecule has 1 aliphatic rings. The van der Waals surface area contributed by atoms with Gasteiger partial charge in [0.1, 0.15) is 0 Å². The lowest BCUT2D eigenvalue weighted by atomic mass is 9.94. The highest BCUT2D eigenvalue weighted by Crippen LogP contribution is 2.50. The Hall–Kier alpha value is -0.520. The van der Waals surface area contributed by atoms with Gasteiger partial charge in [-0.3, -0.25) is 0 Å². The van der Waals surface area contributed by atoms with Gasteiger partial charge in [0.15, 0.2) is 0 Å². The van der Waals surface area contributed by atoms with E-state index in [1.54, 1.807) is 11.3 Å². The quantitative estimate of drug-likeness (QED) is 0.906. The molecule has 1 aliphatic heterocycles. The Labute approximate surface area is 110 Å². The van der Waals surface area contributed by atoms with E-state index >= 15 is 0 Å². The summed E-state index contributed by atoms with van der Waals surface area (Å²) in [6, 6.07) is 0. The van der Waals surface area contributed by atoms with Crippen LogP contribution in [0.1, 0.15) is 43.7 Å². The maximum absolute atomic E-state index is 12.1. The third kappa shape index (κ3) is 2.44. The van der Waals surface area contributed by atoms with Gasteiger partial charge in [-0.25, -0.2) is 8.78 Å². The van der Waals surface area contributed by atoms with Crippen molar-refractivity contribution < 1.29 is 13.5 Å². The minimum absolute atomic E-state index is 0.269. The van der Waals surface area contributed by atoms with Gasteiger partial charge in [0.2, 0.25) is 0 Å². The predicted octanol–water partition coefficient (Wildman–Crippen LogP) is 3.60. The lowest BCUT2D eigenvalue weighted by Crippen LogP contribution is -2.25. The van der Waals surface area contributed by atoms with Crippen LogP contribution < -0.4 is 5.32 Å². The summed E-state index contributed by atoms with van der Waals surface area (Å²) in [7, 11) is 0. The molecule has 18 heavy (non-hydrogen) atoms. The number of fused-ring (bicyclic) bond motifs is 1. The van der Waals surface area contributed by atoms with Crippen molar-refractivity contribution in [3.63, 3.8) is 0 Å². The molecule has 102 valence electrons. The number of ether oxygens (including phenoxy) is 1. The Morgan fingerprint density at radius 2 is 1.94 bits per heavy atom. The van der Waals surface area contributed by atoms with Crippen molar-refractivity contribution >= 4 is 11.3 Å². The fourth-order valence-corrected chi connectivity index (χ4v) is 3.96. The number of hydrogen-bond acceptors (Lipinski definition) is 3. The Morgan fingerprint density at radius 1 is 1.28 bits per heavy atom. The van der Waals surface area contributed by atoms with Crippen LogP contribution in [0, 0.1) is 0 Å². The van der Waals surface area contributed by atoms with Crippen LogP contribution in [-0.2, 0) is 22.5 Å². The van der Waals surface area contributed by atoms with Crippen LogP contribution in [0.4, 0.5) is 8.78 Å². The molecule has 0 saturated heterocycles. The largest absolute Gasteiger partial charge is 0.359 e. The number of halogens is 2. The van der Waals surface area contributed by atoms with Crippen LogP contribution in [0.15, 0.2) is 5.38 Å². The van der Waals surface area contributed by atoms with Crippen molar-refractivity contribution in [2.24, 2.45) is 0 Å². The van der Waals surface area contributed by atoms with E-state index in [2.05, 4.69) is 10.7 Å². The first-order valence-electron chi connectivity index (χ1n) is 6.04. The summed E-state index contributed by atoms with van der Waals surface area (Å²) in [5.41, 5.74) is 1.61. The number of rotatable bonds is 4. The fraction of sp³-hybridized carbons (Fsp3) is 0.692. The van der Waals surface area contributed by atoms with Gasteiger partial charge in [0.05, 0.1) is 17.7 Å². The molecule has 2 nitrogen and oxygen atoms in total. The van der Waals surface area contributed by atoms with E-state index in [1.165, 1.54) is 10.4 Å². The summed E-state index contributed by atoms with van der Waals surface area (Å²) < 4.78 is 30.3. The average Bonchev–Trinajstić information content (AvgIpc) is 2.66. The molecule has 0 aliphatic carbocycles. The Kier molecular flexibility index (Phi) is 3.51. The molecular weight excluding hydrogens is 256 g/mol. The van der Waals surface area contributed by atoms with E-state index in [1.807, 2.05) is 27.7 Å². The molecule has 0 saturated carbocycles. The van der Waals surface area contributed by atoms with Crippen molar-refractivity contribution in [3.05, 3.63) is 21.4 Å². The standard InChI is InChI=1S/C13H19F2NOS/c1-12(2)10-8(5-16-6-9(14)15)7-18-11(10)13(3,4)17-12/h7,9,16H,5-6H2,1-4H3. The van der Waals surface area contributed by atoms with E-state index in [-0.39, 0.29) is 17.7 Å². The second-order valence-electron chi connectivity index (χ2n) is 5.61. The first kappa shape index (κ1) is 13.9. The Bertz CT molecular complexity index is 440. The summed E-state index contributed by atoms with van der Waals surface area (Å²) in [5.74, 6) is 0. The van der Waals surface area contributed by atoms with Gasteiger partial charge in [-0.05, 0) is 38.6 Å². The molecule has 1 N–H and O–H groups in total. The molecular formula is C13H19F2NOS. The van der Waals surface area contributed by atoms with Gasteiger partial charge < -0.3 is 10.1 Å². The molecule has 2 rings (SSSR count). The van der Waals surface area contributed by atoms with Crippen molar-refractivity contribution in [2.45, 2.75) is 51.9 Å². The summed E-state index contributed by atoms with van der Waals surface area (Å²) in [6.45, 7) is 8.36. The minimum atomic E-state index is -2.31. The third-order valence-corrected chi connectivity index (χ3v) is 4.47. The summed E-state index contributed by atoms with van der Waals surface area (Å²) in [4.78, 5) is 1.21. The molecule has 0 bridgehead atoms. The van der Waals surface area contributed by atoms with E-state index in [0.717, 1.165) is 5.56 Å². The second-order valence-corrected chi connectivity index (χ2v) is 6.49. The SMILES string of the molecule is CC1(C)OC(C)(C)c2c(CNCC(F)F)csc21. The van der Waals surface area contributed by atoms with Crippen molar-refractivity contribution in [1.82, 2.24) is 5.32 Å². The first-order valence-corrected chi connectivity index (χ1v) is 6.92. The maximum atomic E-state index is 12.1. The summed E-state index contributed by atoms with van der Waals surface area (Å²) in [5, 5.41) is 4.83. The van der Waals surface area contributed by atoms with Crippen LogP contribution in [0.2, 0.25) is 0 Å². The highest BCUT2D eigenvalue weighted by atomic mass is 32.1. The van der Waals surface area contributed by atoms with E-state index in [9.17, 15) is 8.78 Å². The van der Waals surface area contributed by atoms with Crippen molar-refractivity contribution in [2.75, 3.05) is 6.54 Å². The van der Waals surface area contributed by atoms with Gasteiger partial charge in [-0.15, -0.1) is 11.3 Å². The zero-order valence-corrected chi connectivity index (χ0v) is 12.0. The molecule has 1 aromatic heterocycles. The number of nitrogens with one attached hydrogen (secondary N) is 1. The van der Waals surface area contributed by atoms with Crippen LogP contribution in [-0.4, -0.2) is 13.0 Å². The smallest absolute Gasteiger partial charge is 0.250 e. The molecule has 5 heteroatoms. The van der Waals surface area contributed by atoms with Gasteiger partial charge in [0, 0.05) is 17.0 Å². The molecule has 0 fully saturated rings. The zero-order chi connectivity index (χ0) is 13.6. The molecule has 0 atom stereocenters. The average molecular weight is 275 g/mol. The fourth-order valence-electron chi connectivity index (χ4n) is 2.68. The lowest BCUT2D eigenvalue weighted by molar-refractivity contribution is -0.104. The number of hydrogen-bond donors (Lipinski definition) is 1. The van der Waals surface area contributed by atoms with E-state index in [0.29, 0.717) is 6.54 Å². The summed E-state index contributed by atoms with van der Waals surface area (Å²) >= 11 is 1.65. The van der Waals surface area contributed by atoms with Gasteiger partial charge in [-0.1, -0.05) is 0 Å². The third-order valence-electron chi connectivity index (χ3n) is 3.14. The van der Waals surface area contributed by atoms with E-state index in [4.69, 9.17) is 4.74 Å². The maximum Gasteiger partial charge on any atom is 0.250 e. The van der Waals surface area contributed by atoms with Crippen LogP contribution in [0.5, 0.6) is 0 Å². The number of alkyl halides is 2. The molecule has 0 amide bonds. The Balaban J connectivity index is 2.21. The van der Waals surface area contributed by atoms with Crippen molar-refractivity contribution in [3.8, 4) is 0 Å². The topological polar surface area (TPSA) is 21.3 Å². The van der Waals surface area contributed by atoms with Gasteiger partial charge >= 0.3 is 0 Å². The van der Waals surface area contributed by atoms with Crippen LogP contribution >= 0.6 is 11.3 Å². The van der Waals surface area contributed by atoms with Gasteiger partial charge in [-0.2, -0.15) is 0 Å². The molecule has 0 radical (unpaired) electrons. The van der Waals surface area contributed by atoms with Crippen molar-refractivity contribution in [1.29, 1.82) is 0 Å². The molecule has 1 aromatic rings.